The number of carbonyl (C=O) groups is 2. The van der Waals surface area contributed by atoms with E-state index < -0.39 is 14.3 Å². The summed E-state index contributed by atoms with van der Waals surface area (Å²) in [5.41, 5.74) is 1.07. The average molecular weight is 309 g/mol. The quantitative estimate of drug-likeness (QED) is 0.475. The van der Waals surface area contributed by atoms with Crippen LogP contribution in [-0.2, 0) is 15.8 Å². The minimum Gasteiger partial charge on any atom is -0.464 e. The van der Waals surface area contributed by atoms with E-state index in [-0.39, 0.29) is 16.4 Å². The highest BCUT2D eigenvalue weighted by molar-refractivity contribution is 6.74. The summed E-state index contributed by atoms with van der Waals surface area (Å²) in [6.07, 6.45) is 0.613. The third-order valence-electron chi connectivity index (χ3n) is 3.83. The van der Waals surface area contributed by atoms with Gasteiger partial charge in [0.2, 0.25) is 0 Å². The van der Waals surface area contributed by atoms with Gasteiger partial charge in [-0.1, -0.05) is 20.8 Å². The van der Waals surface area contributed by atoms with Crippen LogP contribution in [0.3, 0.4) is 0 Å². The third-order valence-corrected chi connectivity index (χ3v) is 8.30. The first-order chi connectivity index (χ1) is 9.60. The fourth-order valence-electron chi connectivity index (χ4n) is 1.44. The number of nitrogens with zero attached hydrogens (tertiary/aromatic N) is 1. The summed E-state index contributed by atoms with van der Waals surface area (Å²) in [4.78, 5) is 26.4. The lowest BCUT2D eigenvalue weighted by Crippen LogP contribution is -2.40. The highest BCUT2D eigenvalue weighted by Gasteiger charge is 2.37. The van der Waals surface area contributed by atoms with E-state index in [1.54, 1.807) is 12.1 Å². The second-order valence-corrected chi connectivity index (χ2v) is 11.3. The standard InChI is InChI=1S/C15H23NO4Si/c1-15(2,3)21(5,6)20-10-11-7-12(9-17)16-13(8-11)14(18)19-4/h7-9H,10H2,1-6H3. The number of esters is 1. The van der Waals surface area contributed by atoms with E-state index in [9.17, 15) is 9.59 Å². The zero-order chi connectivity index (χ0) is 16.3. The fraction of sp³-hybridized carbons (Fsp3) is 0.533. The number of pyridine rings is 1. The Morgan fingerprint density at radius 1 is 1.33 bits per heavy atom. The van der Waals surface area contributed by atoms with Gasteiger partial charge in [0.05, 0.1) is 13.7 Å². The molecular formula is C15H23NO4Si. The predicted molar refractivity (Wildman–Crippen MR) is 83.0 cm³/mol. The maximum Gasteiger partial charge on any atom is 0.356 e. The SMILES string of the molecule is COC(=O)c1cc(CO[Si](C)(C)C(C)(C)C)cc(C=O)n1. The topological polar surface area (TPSA) is 65.5 Å². The summed E-state index contributed by atoms with van der Waals surface area (Å²) in [6, 6.07) is 3.23. The van der Waals surface area contributed by atoms with Crippen LogP contribution in [0.2, 0.25) is 18.1 Å². The number of rotatable bonds is 5. The summed E-state index contributed by atoms with van der Waals surface area (Å²) < 4.78 is 10.7. The molecule has 1 rings (SSSR count). The molecule has 0 aliphatic rings. The van der Waals surface area contributed by atoms with Crippen LogP contribution in [-0.4, -0.2) is 32.7 Å². The normalized spacial score (nSPS) is 12.1. The molecule has 1 aromatic rings. The molecule has 1 aromatic heterocycles. The van der Waals surface area contributed by atoms with Crippen molar-refractivity contribution in [2.45, 2.75) is 45.5 Å². The largest absolute Gasteiger partial charge is 0.464 e. The van der Waals surface area contributed by atoms with Crippen LogP contribution in [0.1, 0.15) is 47.3 Å². The molecule has 0 saturated heterocycles. The van der Waals surface area contributed by atoms with Gasteiger partial charge in [-0.05, 0) is 35.8 Å². The first-order valence-electron chi connectivity index (χ1n) is 6.79. The molecule has 0 N–H and O–H groups in total. The van der Waals surface area contributed by atoms with Crippen LogP contribution >= 0.6 is 0 Å². The first kappa shape index (κ1) is 17.5. The summed E-state index contributed by atoms with van der Waals surface area (Å²) in [7, 11) is -0.612. The monoisotopic (exact) mass is 309 g/mol. The molecule has 0 aliphatic carbocycles. The smallest absolute Gasteiger partial charge is 0.356 e. The van der Waals surface area contributed by atoms with Gasteiger partial charge in [-0.15, -0.1) is 0 Å². The lowest BCUT2D eigenvalue weighted by Gasteiger charge is -2.36. The molecular weight excluding hydrogens is 286 g/mol. The molecule has 1 heterocycles. The molecule has 0 fully saturated rings. The van der Waals surface area contributed by atoms with Gasteiger partial charge in [-0.3, -0.25) is 4.79 Å². The van der Waals surface area contributed by atoms with Crippen LogP contribution in [0.15, 0.2) is 12.1 Å². The maximum atomic E-state index is 11.6. The van der Waals surface area contributed by atoms with Crippen LogP contribution in [0.5, 0.6) is 0 Å². The van der Waals surface area contributed by atoms with Gasteiger partial charge < -0.3 is 9.16 Å². The average Bonchev–Trinajstić information content (AvgIpc) is 2.42. The molecule has 0 aliphatic heterocycles. The molecule has 0 unspecified atom stereocenters. The van der Waals surface area contributed by atoms with Gasteiger partial charge in [-0.25, -0.2) is 9.78 Å². The second-order valence-electron chi connectivity index (χ2n) is 6.44. The summed E-state index contributed by atoms with van der Waals surface area (Å²) >= 11 is 0. The Balaban J connectivity index is 2.98. The van der Waals surface area contributed by atoms with E-state index in [1.807, 2.05) is 0 Å². The molecule has 0 atom stereocenters. The van der Waals surface area contributed by atoms with Gasteiger partial charge in [0.15, 0.2) is 14.6 Å². The third kappa shape index (κ3) is 4.47. The van der Waals surface area contributed by atoms with Crippen molar-refractivity contribution < 1.29 is 18.8 Å². The molecule has 0 aromatic carbocycles. The summed E-state index contributed by atoms with van der Waals surface area (Å²) in [5, 5.41) is 0.0959. The number of hydrogen-bond donors (Lipinski definition) is 0. The van der Waals surface area contributed by atoms with Crippen molar-refractivity contribution in [3.63, 3.8) is 0 Å². The minimum atomic E-state index is -1.89. The number of carbonyl (C=O) groups excluding carboxylic acids is 2. The Bertz CT molecular complexity index is 535. The van der Waals surface area contributed by atoms with E-state index >= 15 is 0 Å². The zero-order valence-electron chi connectivity index (χ0n) is 13.5. The van der Waals surface area contributed by atoms with E-state index in [0.29, 0.717) is 12.9 Å². The number of aldehydes is 1. The summed E-state index contributed by atoms with van der Waals surface area (Å²) in [6.45, 7) is 11.1. The van der Waals surface area contributed by atoms with Gasteiger partial charge in [0.1, 0.15) is 11.4 Å². The lowest BCUT2D eigenvalue weighted by molar-refractivity contribution is 0.0593. The Hall–Kier alpha value is -1.53. The van der Waals surface area contributed by atoms with Crippen molar-refractivity contribution in [1.82, 2.24) is 4.98 Å². The Morgan fingerprint density at radius 2 is 1.95 bits per heavy atom. The molecule has 0 bridgehead atoms. The minimum absolute atomic E-state index is 0.0959. The highest BCUT2D eigenvalue weighted by Crippen LogP contribution is 2.37. The molecule has 0 amide bonds. The molecule has 0 spiro atoms. The van der Waals surface area contributed by atoms with Gasteiger partial charge in [-0.2, -0.15) is 0 Å². The highest BCUT2D eigenvalue weighted by atomic mass is 28.4. The zero-order valence-corrected chi connectivity index (χ0v) is 14.5. The van der Waals surface area contributed by atoms with Crippen molar-refractivity contribution >= 4 is 20.6 Å². The van der Waals surface area contributed by atoms with Crippen LogP contribution in [0.4, 0.5) is 0 Å². The number of methoxy groups -OCH3 is 1. The van der Waals surface area contributed by atoms with E-state index in [4.69, 9.17) is 4.43 Å². The number of hydrogen-bond acceptors (Lipinski definition) is 5. The van der Waals surface area contributed by atoms with Gasteiger partial charge in [0, 0.05) is 0 Å². The van der Waals surface area contributed by atoms with E-state index in [0.717, 1.165) is 5.56 Å². The molecule has 0 radical (unpaired) electrons. The summed E-state index contributed by atoms with van der Waals surface area (Å²) in [5.74, 6) is -0.563. The Labute approximate surface area is 126 Å². The molecule has 21 heavy (non-hydrogen) atoms. The van der Waals surface area contributed by atoms with Crippen LogP contribution < -0.4 is 0 Å². The van der Waals surface area contributed by atoms with Gasteiger partial charge in [0.25, 0.3) is 0 Å². The fourth-order valence-corrected chi connectivity index (χ4v) is 2.40. The number of aromatic nitrogens is 1. The van der Waals surface area contributed by atoms with Crippen molar-refractivity contribution in [2.24, 2.45) is 0 Å². The van der Waals surface area contributed by atoms with Crippen molar-refractivity contribution in [2.75, 3.05) is 7.11 Å². The number of ether oxygens (including phenoxy) is 1. The van der Waals surface area contributed by atoms with Crippen LogP contribution in [0, 0.1) is 0 Å². The second kappa shape index (κ2) is 6.49. The van der Waals surface area contributed by atoms with Crippen LogP contribution in [0.25, 0.3) is 0 Å². The lowest BCUT2D eigenvalue weighted by atomic mass is 10.2. The van der Waals surface area contributed by atoms with Crippen molar-refractivity contribution in [3.05, 3.63) is 29.1 Å². The molecule has 6 heteroatoms. The molecule has 0 saturated carbocycles. The maximum absolute atomic E-state index is 11.6. The molecule has 116 valence electrons. The first-order valence-corrected chi connectivity index (χ1v) is 9.70. The van der Waals surface area contributed by atoms with Crippen molar-refractivity contribution in [3.8, 4) is 0 Å². The van der Waals surface area contributed by atoms with E-state index in [2.05, 4.69) is 43.6 Å². The van der Waals surface area contributed by atoms with E-state index in [1.165, 1.54) is 7.11 Å². The Kier molecular flexibility index (Phi) is 5.41. The van der Waals surface area contributed by atoms with Gasteiger partial charge >= 0.3 is 5.97 Å². The van der Waals surface area contributed by atoms with Crippen molar-refractivity contribution in [1.29, 1.82) is 0 Å². The Morgan fingerprint density at radius 3 is 2.43 bits per heavy atom. The molecule has 5 nitrogen and oxygen atoms in total. The predicted octanol–water partition coefficient (Wildman–Crippen LogP) is 3.20.